The van der Waals surface area contributed by atoms with Gasteiger partial charge in [-0.3, -0.25) is 0 Å². The number of thioether (sulfide) groups is 2. The Morgan fingerprint density at radius 3 is 2.59 bits per heavy atom. The third-order valence-electron chi connectivity index (χ3n) is 4.07. The van der Waals surface area contributed by atoms with E-state index in [1.54, 1.807) is 30.6 Å². The van der Waals surface area contributed by atoms with E-state index in [0.717, 1.165) is 26.9 Å². The number of rotatable bonds is 4. The van der Waals surface area contributed by atoms with E-state index in [9.17, 15) is 4.79 Å². The van der Waals surface area contributed by atoms with Gasteiger partial charge in [0.2, 0.25) is 0 Å². The molecule has 0 fully saturated rings. The molecule has 0 aliphatic rings. The average molecular weight is 400 g/mol. The van der Waals surface area contributed by atoms with E-state index in [-0.39, 0.29) is 5.69 Å². The normalized spacial score (nSPS) is 11.8. The number of tetrazole rings is 1. The molecule has 0 atom stereocenters. The Morgan fingerprint density at radius 2 is 1.93 bits per heavy atom. The molecule has 0 bridgehead atoms. The average Bonchev–Trinajstić information content (AvgIpc) is 2.98. The molecule has 0 saturated carbocycles. The zero-order valence-electron chi connectivity index (χ0n) is 15.7. The number of aryl methyl sites for hydroxylation is 3. The van der Waals surface area contributed by atoms with Gasteiger partial charge in [0, 0.05) is 12.8 Å². The Morgan fingerprint density at radius 1 is 1.15 bits per heavy atom. The first-order valence-corrected chi connectivity index (χ1v) is 10.6. The topological polar surface area (TPSA) is 65.1 Å². The molecule has 0 radical (unpaired) electrons. The van der Waals surface area contributed by atoms with Crippen LogP contribution in [0.2, 0.25) is 0 Å². The van der Waals surface area contributed by atoms with Crippen molar-refractivity contribution in [2.75, 3.05) is 6.26 Å². The molecule has 0 saturated heterocycles. The van der Waals surface area contributed by atoms with E-state index in [4.69, 9.17) is 4.99 Å². The van der Waals surface area contributed by atoms with Crippen LogP contribution in [0.15, 0.2) is 52.3 Å². The third kappa shape index (κ3) is 4.51. The zero-order chi connectivity index (χ0) is 19.4. The van der Waals surface area contributed by atoms with Gasteiger partial charge in [-0.25, -0.2) is 9.79 Å². The summed E-state index contributed by atoms with van der Waals surface area (Å²) in [6, 6.07) is 14.0. The monoisotopic (exact) mass is 399 g/mol. The zero-order valence-corrected chi connectivity index (χ0v) is 17.3. The third-order valence-corrected chi connectivity index (χ3v) is 6.14. The fourth-order valence-corrected chi connectivity index (χ4v) is 4.27. The fraction of sp³-hybridized carbons (Fsp3) is 0.263. The van der Waals surface area contributed by atoms with Crippen molar-refractivity contribution in [3.05, 3.63) is 69.6 Å². The molecule has 0 amide bonds. The first-order chi connectivity index (χ1) is 13.0. The second-order valence-electron chi connectivity index (χ2n) is 6.08. The Labute approximate surface area is 166 Å². The van der Waals surface area contributed by atoms with Crippen LogP contribution in [0.3, 0.4) is 0 Å². The van der Waals surface area contributed by atoms with E-state index in [0.29, 0.717) is 5.75 Å². The molecular weight excluding hydrogens is 378 g/mol. The maximum Gasteiger partial charge on any atom is 0.368 e. The van der Waals surface area contributed by atoms with Crippen LogP contribution in [-0.4, -0.2) is 30.4 Å². The first kappa shape index (κ1) is 19.4. The van der Waals surface area contributed by atoms with Gasteiger partial charge in [0.05, 0.1) is 11.4 Å². The fourth-order valence-electron chi connectivity index (χ4n) is 2.61. The van der Waals surface area contributed by atoms with Gasteiger partial charge in [0.15, 0.2) is 0 Å². The van der Waals surface area contributed by atoms with Gasteiger partial charge in [-0.2, -0.15) is 9.36 Å². The van der Waals surface area contributed by atoms with Gasteiger partial charge < -0.3 is 0 Å². The first-order valence-electron chi connectivity index (χ1n) is 8.39. The smallest absolute Gasteiger partial charge is 0.244 e. The number of nitrogens with zero attached hydrogens (tertiary/aromatic N) is 5. The van der Waals surface area contributed by atoms with Crippen molar-refractivity contribution in [3.8, 4) is 5.69 Å². The van der Waals surface area contributed by atoms with Gasteiger partial charge in [-0.1, -0.05) is 36.0 Å². The quantitative estimate of drug-likeness (QED) is 0.492. The van der Waals surface area contributed by atoms with Gasteiger partial charge in [-0.15, -0.1) is 11.8 Å². The highest BCUT2D eigenvalue weighted by Crippen LogP contribution is 2.28. The van der Waals surface area contributed by atoms with Gasteiger partial charge in [0.1, 0.15) is 4.38 Å². The van der Waals surface area contributed by atoms with E-state index in [1.807, 2.05) is 43.5 Å². The van der Waals surface area contributed by atoms with Crippen molar-refractivity contribution in [1.29, 1.82) is 0 Å². The summed E-state index contributed by atoms with van der Waals surface area (Å²) in [6.45, 7) is 4.10. The Hall–Kier alpha value is -2.32. The van der Waals surface area contributed by atoms with Crippen LogP contribution in [0.1, 0.15) is 16.7 Å². The van der Waals surface area contributed by atoms with Crippen molar-refractivity contribution >= 4 is 33.6 Å². The lowest BCUT2D eigenvalue weighted by Crippen LogP contribution is -2.23. The van der Waals surface area contributed by atoms with Gasteiger partial charge in [0.25, 0.3) is 0 Å². The summed E-state index contributed by atoms with van der Waals surface area (Å²) in [5, 5.41) is 7.81. The Kier molecular flexibility index (Phi) is 6.18. The van der Waals surface area contributed by atoms with Crippen molar-refractivity contribution in [3.63, 3.8) is 0 Å². The van der Waals surface area contributed by atoms with Crippen molar-refractivity contribution in [2.24, 2.45) is 12.0 Å². The standard InChI is InChI=1S/C19H21N5OS2/c1-13-7-5-9-15(11-13)20-18(26-4)27-12-16-14(2)8-6-10-17(16)24-19(25)23(3)21-22-24/h5-11H,12H2,1-4H3. The molecule has 27 heavy (non-hydrogen) atoms. The molecule has 1 aromatic heterocycles. The molecule has 1 heterocycles. The lowest BCUT2D eigenvalue weighted by molar-refractivity contribution is 0.692. The summed E-state index contributed by atoms with van der Waals surface area (Å²) in [5.41, 5.74) is 4.79. The molecule has 3 aromatic rings. The van der Waals surface area contributed by atoms with Gasteiger partial charge in [-0.05, 0) is 65.4 Å². The lowest BCUT2D eigenvalue weighted by Gasteiger charge is -2.11. The number of hydrogen-bond donors (Lipinski definition) is 0. The highest BCUT2D eigenvalue weighted by atomic mass is 32.2. The van der Waals surface area contributed by atoms with Crippen LogP contribution in [0.5, 0.6) is 0 Å². The summed E-state index contributed by atoms with van der Waals surface area (Å²) >= 11 is 3.27. The molecule has 8 heteroatoms. The lowest BCUT2D eigenvalue weighted by atomic mass is 10.1. The van der Waals surface area contributed by atoms with Crippen molar-refractivity contribution in [2.45, 2.75) is 19.6 Å². The molecule has 6 nitrogen and oxygen atoms in total. The molecule has 2 aromatic carbocycles. The molecule has 0 spiro atoms. The second kappa shape index (κ2) is 8.58. The molecule has 0 N–H and O–H groups in total. The van der Waals surface area contributed by atoms with Crippen LogP contribution in [-0.2, 0) is 12.8 Å². The highest BCUT2D eigenvalue weighted by Gasteiger charge is 2.14. The highest BCUT2D eigenvalue weighted by molar-refractivity contribution is 8.38. The minimum absolute atomic E-state index is 0.259. The van der Waals surface area contributed by atoms with Crippen LogP contribution in [0.25, 0.3) is 5.69 Å². The van der Waals surface area contributed by atoms with Crippen LogP contribution in [0, 0.1) is 13.8 Å². The minimum Gasteiger partial charge on any atom is -0.244 e. The number of hydrogen-bond acceptors (Lipinski definition) is 6. The number of aromatic nitrogens is 4. The summed E-state index contributed by atoms with van der Waals surface area (Å²) in [4.78, 5) is 17.0. The van der Waals surface area contributed by atoms with E-state index >= 15 is 0 Å². The number of benzene rings is 2. The molecular formula is C19H21N5OS2. The summed E-state index contributed by atoms with van der Waals surface area (Å²) in [7, 11) is 1.59. The second-order valence-corrected chi connectivity index (χ2v) is 8.10. The minimum atomic E-state index is -0.259. The molecule has 0 aliphatic carbocycles. The summed E-state index contributed by atoms with van der Waals surface area (Å²) in [6.07, 6.45) is 2.02. The van der Waals surface area contributed by atoms with Crippen LogP contribution in [0.4, 0.5) is 5.69 Å². The number of aliphatic imine (C=N–C) groups is 1. The Bertz CT molecular complexity index is 1040. The van der Waals surface area contributed by atoms with Crippen molar-refractivity contribution in [1.82, 2.24) is 19.8 Å². The predicted molar refractivity (Wildman–Crippen MR) is 114 cm³/mol. The summed E-state index contributed by atoms with van der Waals surface area (Å²) < 4.78 is 3.55. The van der Waals surface area contributed by atoms with Gasteiger partial charge >= 0.3 is 5.69 Å². The molecule has 0 unspecified atom stereocenters. The predicted octanol–water partition coefficient (Wildman–Crippen LogP) is 3.87. The van der Waals surface area contributed by atoms with E-state index < -0.39 is 0 Å². The van der Waals surface area contributed by atoms with E-state index in [1.165, 1.54) is 14.9 Å². The molecule has 140 valence electrons. The van der Waals surface area contributed by atoms with Crippen LogP contribution >= 0.6 is 23.5 Å². The largest absolute Gasteiger partial charge is 0.368 e. The molecule has 0 aliphatic heterocycles. The van der Waals surface area contributed by atoms with Crippen LogP contribution < -0.4 is 5.69 Å². The maximum absolute atomic E-state index is 12.3. The Balaban J connectivity index is 1.89. The van der Waals surface area contributed by atoms with E-state index in [2.05, 4.69) is 29.5 Å². The molecule has 3 rings (SSSR count). The SMILES string of the molecule is CSC(=Nc1cccc(C)c1)SCc1c(C)cccc1-n1nnn(C)c1=O. The maximum atomic E-state index is 12.3. The van der Waals surface area contributed by atoms with Crippen molar-refractivity contribution < 1.29 is 0 Å². The summed E-state index contributed by atoms with van der Waals surface area (Å²) in [5.74, 6) is 0.691.